The van der Waals surface area contributed by atoms with Crippen molar-refractivity contribution in [2.45, 2.75) is 25.9 Å². The van der Waals surface area contributed by atoms with Crippen molar-refractivity contribution in [3.8, 4) is 0 Å². The fourth-order valence-electron chi connectivity index (χ4n) is 2.37. The van der Waals surface area contributed by atoms with Gasteiger partial charge in [-0.15, -0.1) is 0 Å². The molecule has 1 unspecified atom stereocenters. The Morgan fingerprint density at radius 3 is 2.90 bits per heavy atom. The summed E-state index contributed by atoms with van der Waals surface area (Å²) < 4.78 is 37.4. The van der Waals surface area contributed by atoms with Crippen molar-refractivity contribution in [3.05, 3.63) is 23.6 Å². The normalized spacial score (nSPS) is 21.1. The Morgan fingerprint density at radius 2 is 2.30 bits per heavy atom. The van der Waals surface area contributed by atoms with Gasteiger partial charge < -0.3 is 10.2 Å². The molecule has 1 aliphatic rings. The van der Waals surface area contributed by atoms with Crippen molar-refractivity contribution >= 4 is 15.7 Å². The van der Waals surface area contributed by atoms with Crippen molar-refractivity contribution in [2.75, 3.05) is 30.0 Å². The number of hydrogen-bond donors (Lipinski definition) is 1. The van der Waals surface area contributed by atoms with E-state index >= 15 is 0 Å². The Bertz CT molecular complexity index is 577. The van der Waals surface area contributed by atoms with E-state index in [1.807, 2.05) is 6.92 Å². The molecule has 1 saturated heterocycles. The maximum atomic E-state index is 14.4. The molecule has 5 nitrogen and oxygen atoms in total. The Balaban J connectivity index is 2.20. The van der Waals surface area contributed by atoms with Crippen LogP contribution in [0.5, 0.6) is 0 Å². The number of nitrogens with zero attached hydrogens (tertiary/aromatic N) is 2. The van der Waals surface area contributed by atoms with Gasteiger partial charge in [0.15, 0.2) is 21.5 Å². The molecule has 0 aliphatic carbocycles. The maximum absolute atomic E-state index is 14.4. The Morgan fingerprint density at radius 1 is 1.55 bits per heavy atom. The third-order valence-electron chi connectivity index (χ3n) is 3.61. The van der Waals surface area contributed by atoms with Gasteiger partial charge in [0, 0.05) is 31.4 Å². The van der Waals surface area contributed by atoms with Gasteiger partial charge in [-0.25, -0.2) is 17.8 Å². The smallest absolute Gasteiger partial charge is 0.170 e. The second-order valence-electron chi connectivity index (χ2n) is 5.06. The van der Waals surface area contributed by atoms with Crippen molar-refractivity contribution in [1.82, 2.24) is 10.3 Å². The lowest BCUT2D eigenvalue weighted by Gasteiger charge is -2.25. The van der Waals surface area contributed by atoms with Gasteiger partial charge in [-0.2, -0.15) is 0 Å². The maximum Gasteiger partial charge on any atom is 0.170 e. The summed E-state index contributed by atoms with van der Waals surface area (Å²) in [5.41, 5.74) is 0.546. The van der Waals surface area contributed by atoms with Crippen molar-refractivity contribution in [1.29, 1.82) is 0 Å². The molecule has 2 rings (SSSR count). The summed E-state index contributed by atoms with van der Waals surface area (Å²) in [6, 6.07) is 1.44. The highest BCUT2D eigenvalue weighted by Crippen LogP contribution is 2.25. The van der Waals surface area contributed by atoms with Crippen LogP contribution in [-0.2, 0) is 16.4 Å². The van der Waals surface area contributed by atoms with Crippen LogP contribution < -0.4 is 10.2 Å². The summed E-state index contributed by atoms with van der Waals surface area (Å²) in [6.07, 6.45) is 2.09. The predicted molar refractivity (Wildman–Crippen MR) is 77.0 cm³/mol. The van der Waals surface area contributed by atoms with E-state index in [4.69, 9.17) is 0 Å². The minimum atomic E-state index is -2.99. The Kier molecular flexibility index (Phi) is 4.59. The molecular weight excluding hydrogens is 281 g/mol. The van der Waals surface area contributed by atoms with Crippen molar-refractivity contribution < 1.29 is 12.8 Å². The van der Waals surface area contributed by atoms with E-state index in [2.05, 4.69) is 10.3 Å². The number of sulfone groups is 1. The molecule has 20 heavy (non-hydrogen) atoms. The van der Waals surface area contributed by atoms with Crippen molar-refractivity contribution in [2.24, 2.45) is 0 Å². The highest BCUT2D eigenvalue weighted by Gasteiger charge is 2.32. The van der Waals surface area contributed by atoms with Gasteiger partial charge in [0.2, 0.25) is 0 Å². The summed E-state index contributed by atoms with van der Waals surface area (Å²) >= 11 is 0. The second-order valence-corrected chi connectivity index (χ2v) is 7.28. The molecule has 1 N–H and O–H groups in total. The van der Waals surface area contributed by atoms with Crippen LogP contribution in [0.4, 0.5) is 10.2 Å². The molecule has 1 atom stereocenters. The zero-order valence-corrected chi connectivity index (χ0v) is 12.6. The molecule has 1 aromatic rings. The second kappa shape index (κ2) is 6.05. The van der Waals surface area contributed by atoms with Gasteiger partial charge in [0.1, 0.15) is 0 Å². The third kappa shape index (κ3) is 3.27. The fraction of sp³-hybridized carbons (Fsp3) is 0.615. The van der Waals surface area contributed by atoms with Gasteiger partial charge in [0.25, 0.3) is 0 Å². The summed E-state index contributed by atoms with van der Waals surface area (Å²) in [4.78, 5) is 5.72. The molecule has 7 heteroatoms. The molecule has 0 spiro atoms. The first kappa shape index (κ1) is 15.2. The van der Waals surface area contributed by atoms with Crippen LogP contribution in [0, 0.1) is 5.82 Å². The van der Waals surface area contributed by atoms with Gasteiger partial charge in [-0.1, -0.05) is 6.92 Å². The van der Waals surface area contributed by atoms with Crippen LogP contribution in [0.15, 0.2) is 12.3 Å². The summed E-state index contributed by atoms with van der Waals surface area (Å²) in [5.74, 6) is 0.0886. The monoisotopic (exact) mass is 301 g/mol. The van der Waals surface area contributed by atoms with Crippen LogP contribution >= 0.6 is 0 Å². The number of anilines is 1. The zero-order chi connectivity index (χ0) is 14.8. The highest BCUT2D eigenvalue weighted by molar-refractivity contribution is 7.91. The first-order chi connectivity index (χ1) is 9.44. The molecule has 0 bridgehead atoms. The quantitative estimate of drug-likeness (QED) is 0.877. The molecule has 1 fully saturated rings. The zero-order valence-electron chi connectivity index (χ0n) is 11.8. The average Bonchev–Trinajstić information content (AvgIpc) is 2.77. The number of rotatable bonds is 5. The average molecular weight is 301 g/mol. The molecule has 2 heterocycles. The first-order valence-corrected chi connectivity index (χ1v) is 8.54. The minimum absolute atomic E-state index is 0.0715. The van der Waals surface area contributed by atoms with Crippen LogP contribution in [0.1, 0.15) is 18.9 Å². The van der Waals surface area contributed by atoms with Crippen molar-refractivity contribution in [3.63, 3.8) is 0 Å². The Labute approximate surface area is 119 Å². The van der Waals surface area contributed by atoms with E-state index in [0.29, 0.717) is 18.5 Å². The van der Waals surface area contributed by atoms with Gasteiger partial charge in [0.05, 0.1) is 11.5 Å². The summed E-state index contributed by atoms with van der Waals surface area (Å²) in [5, 5.41) is 3.07. The predicted octanol–water partition coefficient (Wildman–Crippen LogP) is 0.954. The van der Waals surface area contributed by atoms with E-state index < -0.39 is 9.84 Å². The molecule has 0 radical (unpaired) electrons. The number of hydrogen-bond acceptors (Lipinski definition) is 5. The first-order valence-electron chi connectivity index (χ1n) is 6.72. The minimum Gasteiger partial charge on any atom is -0.353 e. The summed E-state index contributed by atoms with van der Waals surface area (Å²) in [7, 11) is -1.29. The molecule has 0 amide bonds. The van der Waals surface area contributed by atoms with E-state index in [0.717, 1.165) is 6.54 Å². The third-order valence-corrected chi connectivity index (χ3v) is 5.36. The number of pyridine rings is 1. The lowest BCUT2D eigenvalue weighted by molar-refractivity contribution is 0.571. The molecule has 1 aliphatic heterocycles. The SMILES string of the molecule is CCNCc1ccnc(N(C)C2CCS(=O)(=O)C2)c1F. The van der Waals surface area contributed by atoms with E-state index in [-0.39, 0.29) is 29.2 Å². The molecular formula is C13H20FN3O2S. The molecule has 1 aromatic heterocycles. The largest absolute Gasteiger partial charge is 0.353 e. The topological polar surface area (TPSA) is 62.3 Å². The van der Waals surface area contributed by atoms with Crippen LogP contribution in [0.2, 0.25) is 0 Å². The molecule has 0 saturated carbocycles. The molecule has 112 valence electrons. The number of aromatic nitrogens is 1. The van der Waals surface area contributed by atoms with E-state index in [1.54, 1.807) is 24.2 Å². The van der Waals surface area contributed by atoms with E-state index in [1.165, 1.54) is 0 Å². The van der Waals surface area contributed by atoms with E-state index in [9.17, 15) is 12.8 Å². The lowest BCUT2D eigenvalue weighted by atomic mass is 10.2. The van der Waals surface area contributed by atoms with Gasteiger partial charge >= 0.3 is 0 Å². The fourth-order valence-corrected chi connectivity index (χ4v) is 4.14. The number of halogens is 1. The van der Waals surface area contributed by atoms with Gasteiger partial charge in [-0.05, 0) is 19.0 Å². The standard InChI is InChI=1S/C13H20FN3O2S/c1-3-15-8-10-4-6-16-13(12(10)14)17(2)11-5-7-20(18,19)9-11/h4,6,11,15H,3,5,7-9H2,1-2H3. The van der Waals surface area contributed by atoms with Crippen LogP contribution in [-0.4, -0.2) is 44.5 Å². The van der Waals surface area contributed by atoms with Crippen LogP contribution in [0.3, 0.4) is 0 Å². The Hall–Kier alpha value is -1.21. The summed E-state index contributed by atoms with van der Waals surface area (Å²) in [6.45, 7) is 3.15. The lowest BCUT2D eigenvalue weighted by Crippen LogP contribution is -2.34. The molecule has 0 aromatic carbocycles. The van der Waals surface area contributed by atoms with Gasteiger partial charge in [-0.3, -0.25) is 0 Å². The highest BCUT2D eigenvalue weighted by atomic mass is 32.2. The number of nitrogens with one attached hydrogen (secondary N) is 1. The van der Waals surface area contributed by atoms with Crippen LogP contribution in [0.25, 0.3) is 0 Å².